The van der Waals surface area contributed by atoms with Gasteiger partial charge in [0.15, 0.2) is 0 Å². The van der Waals surface area contributed by atoms with Gasteiger partial charge in [0, 0.05) is 11.4 Å². The molecule has 3 rings (SSSR count). The third kappa shape index (κ3) is 1.00. The summed E-state index contributed by atoms with van der Waals surface area (Å²) < 4.78 is 5.65. The Morgan fingerprint density at radius 2 is 1.20 bits per heavy atom. The highest BCUT2D eigenvalue weighted by molar-refractivity contribution is 6.15. The van der Waals surface area contributed by atoms with Crippen LogP contribution < -0.4 is 11.5 Å². The SMILES string of the molecule is Nc1cccc2oc3cccc(N)c3c12. The van der Waals surface area contributed by atoms with Crippen LogP contribution in [0.1, 0.15) is 0 Å². The van der Waals surface area contributed by atoms with Crippen molar-refractivity contribution >= 4 is 33.3 Å². The molecule has 3 aromatic rings. The van der Waals surface area contributed by atoms with Crippen molar-refractivity contribution in [3.63, 3.8) is 0 Å². The number of nitrogens with two attached hydrogens (primary N) is 2. The molecule has 3 nitrogen and oxygen atoms in total. The van der Waals surface area contributed by atoms with Gasteiger partial charge in [0.1, 0.15) is 11.2 Å². The van der Waals surface area contributed by atoms with Crippen molar-refractivity contribution in [1.82, 2.24) is 0 Å². The summed E-state index contributed by atoms with van der Waals surface area (Å²) in [7, 11) is 0. The van der Waals surface area contributed by atoms with Crippen LogP contribution in [0.15, 0.2) is 40.8 Å². The molecule has 0 unspecified atom stereocenters. The third-order valence-corrected chi connectivity index (χ3v) is 2.59. The first-order chi connectivity index (χ1) is 7.27. The number of anilines is 2. The van der Waals surface area contributed by atoms with Crippen LogP contribution in [0.5, 0.6) is 0 Å². The number of fused-ring (bicyclic) bond motifs is 3. The van der Waals surface area contributed by atoms with E-state index in [0.29, 0.717) is 11.4 Å². The molecule has 0 spiro atoms. The van der Waals surface area contributed by atoms with E-state index in [9.17, 15) is 0 Å². The van der Waals surface area contributed by atoms with Gasteiger partial charge in [0.05, 0.1) is 10.8 Å². The average Bonchev–Trinajstić information content (AvgIpc) is 2.58. The summed E-state index contributed by atoms with van der Waals surface area (Å²) in [5, 5.41) is 1.82. The zero-order chi connectivity index (χ0) is 10.4. The lowest BCUT2D eigenvalue weighted by molar-refractivity contribution is 0.669. The molecule has 0 aliphatic heterocycles. The van der Waals surface area contributed by atoms with Crippen LogP contribution >= 0.6 is 0 Å². The lowest BCUT2D eigenvalue weighted by Gasteiger charge is -1.97. The van der Waals surface area contributed by atoms with Crippen molar-refractivity contribution in [2.75, 3.05) is 11.5 Å². The molecule has 0 aliphatic carbocycles. The first-order valence-electron chi connectivity index (χ1n) is 4.72. The molecular formula is C12H10N2O. The molecule has 0 amide bonds. The van der Waals surface area contributed by atoms with E-state index in [1.807, 2.05) is 36.4 Å². The zero-order valence-corrected chi connectivity index (χ0v) is 8.03. The summed E-state index contributed by atoms with van der Waals surface area (Å²) in [6, 6.07) is 11.2. The second-order valence-corrected chi connectivity index (χ2v) is 3.54. The molecule has 0 atom stereocenters. The molecule has 15 heavy (non-hydrogen) atoms. The van der Waals surface area contributed by atoms with Gasteiger partial charge in [0.25, 0.3) is 0 Å². The number of rotatable bonds is 0. The predicted molar refractivity (Wildman–Crippen MR) is 62.5 cm³/mol. The zero-order valence-electron chi connectivity index (χ0n) is 8.03. The van der Waals surface area contributed by atoms with Crippen LogP contribution in [0.4, 0.5) is 11.4 Å². The number of hydrogen-bond donors (Lipinski definition) is 2. The van der Waals surface area contributed by atoms with Crippen molar-refractivity contribution in [2.45, 2.75) is 0 Å². The summed E-state index contributed by atoms with van der Waals surface area (Å²) in [6.45, 7) is 0. The Morgan fingerprint density at radius 3 is 1.67 bits per heavy atom. The van der Waals surface area contributed by atoms with Gasteiger partial charge in [-0.2, -0.15) is 0 Å². The highest BCUT2D eigenvalue weighted by Crippen LogP contribution is 2.35. The van der Waals surface area contributed by atoms with Gasteiger partial charge < -0.3 is 15.9 Å². The fourth-order valence-electron chi connectivity index (χ4n) is 1.92. The van der Waals surface area contributed by atoms with Gasteiger partial charge in [-0.15, -0.1) is 0 Å². The summed E-state index contributed by atoms with van der Waals surface area (Å²) in [5.74, 6) is 0. The van der Waals surface area contributed by atoms with Crippen LogP contribution in [0.25, 0.3) is 21.9 Å². The molecule has 1 aromatic heterocycles. The van der Waals surface area contributed by atoms with Crippen molar-refractivity contribution in [3.8, 4) is 0 Å². The molecule has 0 saturated heterocycles. The van der Waals surface area contributed by atoms with Gasteiger partial charge in [-0.1, -0.05) is 12.1 Å². The van der Waals surface area contributed by atoms with Gasteiger partial charge >= 0.3 is 0 Å². The Labute approximate surface area is 86.3 Å². The Balaban J connectivity index is 2.67. The monoisotopic (exact) mass is 198 g/mol. The number of furan rings is 1. The maximum absolute atomic E-state index is 5.92. The molecule has 74 valence electrons. The Kier molecular flexibility index (Phi) is 1.45. The molecule has 3 heteroatoms. The van der Waals surface area contributed by atoms with Gasteiger partial charge in [-0.25, -0.2) is 0 Å². The molecule has 2 aromatic carbocycles. The smallest absolute Gasteiger partial charge is 0.137 e. The van der Waals surface area contributed by atoms with Crippen LogP contribution in [-0.4, -0.2) is 0 Å². The van der Waals surface area contributed by atoms with Crippen LogP contribution in [0.2, 0.25) is 0 Å². The minimum absolute atomic E-state index is 0.698. The molecule has 1 heterocycles. The summed E-state index contributed by atoms with van der Waals surface area (Å²) in [6.07, 6.45) is 0. The van der Waals surface area contributed by atoms with Crippen LogP contribution in [0.3, 0.4) is 0 Å². The van der Waals surface area contributed by atoms with Crippen molar-refractivity contribution < 1.29 is 4.42 Å². The fraction of sp³-hybridized carbons (Fsp3) is 0. The molecule has 0 aliphatic rings. The maximum Gasteiger partial charge on any atom is 0.137 e. The van der Waals surface area contributed by atoms with E-state index in [1.165, 1.54) is 0 Å². The lowest BCUT2D eigenvalue weighted by Crippen LogP contribution is -1.87. The number of hydrogen-bond acceptors (Lipinski definition) is 3. The largest absolute Gasteiger partial charge is 0.456 e. The highest BCUT2D eigenvalue weighted by atomic mass is 16.3. The second kappa shape index (κ2) is 2.67. The molecule has 0 radical (unpaired) electrons. The second-order valence-electron chi connectivity index (χ2n) is 3.54. The molecule has 0 saturated carbocycles. The minimum Gasteiger partial charge on any atom is -0.456 e. The first kappa shape index (κ1) is 8.17. The van der Waals surface area contributed by atoms with Gasteiger partial charge in [0.2, 0.25) is 0 Å². The topological polar surface area (TPSA) is 65.2 Å². The molecular weight excluding hydrogens is 188 g/mol. The van der Waals surface area contributed by atoms with Crippen molar-refractivity contribution in [1.29, 1.82) is 0 Å². The van der Waals surface area contributed by atoms with Crippen LogP contribution in [0, 0.1) is 0 Å². The summed E-state index contributed by atoms with van der Waals surface area (Å²) in [5.41, 5.74) is 14.8. The van der Waals surface area contributed by atoms with E-state index in [0.717, 1.165) is 21.9 Å². The van der Waals surface area contributed by atoms with Crippen LogP contribution in [-0.2, 0) is 0 Å². The predicted octanol–water partition coefficient (Wildman–Crippen LogP) is 2.75. The highest BCUT2D eigenvalue weighted by Gasteiger charge is 2.10. The van der Waals surface area contributed by atoms with E-state index in [1.54, 1.807) is 0 Å². The third-order valence-electron chi connectivity index (χ3n) is 2.59. The summed E-state index contributed by atoms with van der Waals surface area (Å²) >= 11 is 0. The van der Waals surface area contributed by atoms with Gasteiger partial charge in [-0.3, -0.25) is 0 Å². The number of nitrogen functional groups attached to an aromatic ring is 2. The van der Waals surface area contributed by atoms with Crippen molar-refractivity contribution in [2.24, 2.45) is 0 Å². The van der Waals surface area contributed by atoms with E-state index >= 15 is 0 Å². The molecule has 0 bridgehead atoms. The fourth-order valence-corrected chi connectivity index (χ4v) is 1.92. The van der Waals surface area contributed by atoms with E-state index < -0.39 is 0 Å². The Hall–Kier alpha value is -2.16. The van der Waals surface area contributed by atoms with E-state index in [-0.39, 0.29) is 0 Å². The molecule has 0 fully saturated rings. The average molecular weight is 198 g/mol. The van der Waals surface area contributed by atoms with E-state index in [2.05, 4.69) is 0 Å². The standard InChI is InChI=1S/C12H10N2O/c13-7-3-1-5-9-11(7)12-8(14)4-2-6-10(12)15-9/h1-6H,13-14H2. The van der Waals surface area contributed by atoms with Gasteiger partial charge in [-0.05, 0) is 24.3 Å². The first-order valence-corrected chi connectivity index (χ1v) is 4.72. The van der Waals surface area contributed by atoms with Crippen molar-refractivity contribution in [3.05, 3.63) is 36.4 Å². The van der Waals surface area contributed by atoms with E-state index in [4.69, 9.17) is 15.9 Å². The lowest BCUT2D eigenvalue weighted by atomic mass is 10.1. The quantitative estimate of drug-likeness (QED) is 0.546. The number of benzene rings is 2. The molecule has 4 N–H and O–H groups in total. The maximum atomic E-state index is 5.92. The Bertz CT molecular complexity index is 599. The normalized spacial score (nSPS) is 11.2. The Morgan fingerprint density at radius 1 is 0.733 bits per heavy atom. The minimum atomic E-state index is 0.698. The summed E-state index contributed by atoms with van der Waals surface area (Å²) in [4.78, 5) is 0.